The van der Waals surface area contributed by atoms with Crippen LogP contribution in [0.4, 0.5) is 5.69 Å². The molecule has 1 saturated heterocycles. The summed E-state index contributed by atoms with van der Waals surface area (Å²) in [7, 11) is 0. The van der Waals surface area contributed by atoms with Crippen LogP contribution in [0.1, 0.15) is 13.8 Å². The van der Waals surface area contributed by atoms with Crippen LogP contribution in [0.5, 0.6) is 0 Å². The molecule has 4 rings (SSSR count). The summed E-state index contributed by atoms with van der Waals surface area (Å²) in [5.74, 6) is 0.939. The molecule has 1 fully saturated rings. The van der Waals surface area contributed by atoms with Gasteiger partial charge in [0.15, 0.2) is 11.0 Å². The van der Waals surface area contributed by atoms with Crippen molar-refractivity contribution in [3.63, 3.8) is 0 Å². The predicted molar refractivity (Wildman–Crippen MR) is 127 cm³/mol. The summed E-state index contributed by atoms with van der Waals surface area (Å²) in [6.07, 6.45) is 0. The van der Waals surface area contributed by atoms with E-state index in [0.717, 1.165) is 49.3 Å². The van der Waals surface area contributed by atoms with Gasteiger partial charge in [-0.25, -0.2) is 0 Å². The third-order valence-electron chi connectivity index (χ3n) is 5.48. The Morgan fingerprint density at radius 2 is 1.71 bits per heavy atom. The second-order valence-corrected chi connectivity index (χ2v) is 9.21. The molecule has 1 amide bonds. The molecule has 1 aliphatic rings. The van der Waals surface area contributed by atoms with Crippen LogP contribution in [0.2, 0.25) is 5.02 Å². The van der Waals surface area contributed by atoms with Gasteiger partial charge >= 0.3 is 0 Å². The van der Waals surface area contributed by atoms with Gasteiger partial charge in [-0.05, 0) is 50.2 Å². The van der Waals surface area contributed by atoms with E-state index in [4.69, 9.17) is 11.6 Å². The van der Waals surface area contributed by atoms with Crippen molar-refractivity contribution in [2.45, 2.75) is 30.8 Å². The van der Waals surface area contributed by atoms with Gasteiger partial charge in [-0.1, -0.05) is 41.6 Å². The molecule has 1 atom stereocenters. The highest BCUT2D eigenvalue weighted by atomic mass is 35.5. The first-order chi connectivity index (χ1) is 15.1. The van der Waals surface area contributed by atoms with Gasteiger partial charge in [0.2, 0.25) is 5.91 Å². The summed E-state index contributed by atoms with van der Waals surface area (Å²) >= 11 is 7.48. The lowest BCUT2D eigenvalue weighted by atomic mass is 10.2. The Hall–Kier alpha value is -2.51. The van der Waals surface area contributed by atoms with E-state index in [1.54, 1.807) is 0 Å². The molecule has 0 radical (unpaired) electrons. The number of hydrogen-bond donors (Lipinski definition) is 0. The Balaban J connectivity index is 1.40. The smallest absolute Gasteiger partial charge is 0.236 e. The summed E-state index contributed by atoms with van der Waals surface area (Å²) < 4.78 is 2.05. The van der Waals surface area contributed by atoms with Crippen LogP contribution in [0.25, 0.3) is 11.4 Å². The van der Waals surface area contributed by atoms with Crippen molar-refractivity contribution in [3.8, 4) is 11.4 Å². The summed E-state index contributed by atoms with van der Waals surface area (Å²) in [5, 5.41) is 9.96. The second kappa shape index (κ2) is 9.75. The number of anilines is 1. The highest BCUT2D eigenvalue weighted by Crippen LogP contribution is 2.28. The van der Waals surface area contributed by atoms with Crippen molar-refractivity contribution in [3.05, 3.63) is 59.6 Å². The van der Waals surface area contributed by atoms with Crippen LogP contribution in [0.3, 0.4) is 0 Å². The Morgan fingerprint density at radius 1 is 1.03 bits per heavy atom. The van der Waals surface area contributed by atoms with Crippen LogP contribution >= 0.6 is 23.4 Å². The molecule has 0 bridgehead atoms. The fraction of sp³-hybridized carbons (Fsp3) is 0.348. The van der Waals surface area contributed by atoms with Crippen LogP contribution in [-0.4, -0.2) is 57.0 Å². The summed E-state index contributed by atoms with van der Waals surface area (Å²) in [4.78, 5) is 17.4. The van der Waals surface area contributed by atoms with Gasteiger partial charge in [0, 0.05) is 49.0 Å². The fourth-order valence-electron chi connectivity index (χ4n) is 3.76. The predicted octanol–water partition coefficient (Wildman–Crippen LogP) is 4.45. The summed E-state index contributed by atoms with van der Waals surface area (Å²) in [5.41, 5.74) is 2.17. The lowest BCUT2D eigenvalue weighted by Gasteiger charge is -2.37. The quantitative estimate of drug-likeness (QED) is 0.514. The maximum Gasteiger partial charge on any atom is 0.236 e. The van der Waals surface area contributed by atoms with Gasteiger partial charge in [-0.2, -0.15) is 0 Å². The fourth-order valence-corrected chi connectivity index (χ4v) is 4.89. The minimum atomic E-state index is -0.226. The molecular formula is C23H26ClN5OS. The Labute approximate surface area is 192 Å². The van der Waals surface area contributed by atoms with Gasteiger partial charge in [0.1, 0.15) is 0 Å². The maximum absolute atomic E-state index is 13.1. The van der Waals surface area contributed by atoms with Crippen molar-refractivity contribution in [1.82, 2.24) is 19.7 Å². The molecule has 6 nitrogen and oxygen atoms in total. The first-order valence-corrected chi connectivity index (χ1v) is 11.8. The molecule has 1 unspecified atom stereocenters. The van der Waals surface area contributed by atoms with Crippen molar-refractivity contribution in [2.75, 3.05) is 31.1 Å². The van der Waals surface area contributed by atoms with E-state index >= 15 is 0 Å². The SMILES string of the molecule is CCn1c(SC(C)C(=O)N2CCN(c3ccccc3)CC2)nnc1-c1ccc(Cl)cc1. The Bertz CT molecular complexity index is 1020. The third-order valence-corrected chi connectivity index (χ3v) is 6.80. The monoisotopic (exact) mass is 455 g/mol. The molecular weight excluding hydrogens is 430 g/mol. The second-order valence-electron chi connectivity index (χ2n) is 7.47. The van der Waals surface area contributed by atoms with E-state index < -0.39 is 0 Å². The van der Waals surface area contributed by atoms with Crippen molar-refractivity contribution in [2.24, 2.45) is 0 Å². The third kappa shape index (κ3) is 4.88. The van der Waals surface area contributed by atoms with Crippen molar-refractivity contribution >= 4 is 35.0 Å². The average molecular weight is 456 g/mol. The number of nitrogens with zero attached hydrogens (tertiary/aromatic N) is 5. The van der Waals surface area contributed by atoms with Gasteiger partial charge in [0.05, 0.1) is 5.25 Å². The lowest BCUT2D eigenvalue weighted by Crippen LogP contribution is -2.50. The number of carbonyl (C=O) groups is 1. The van der Waals surface area contributed by atoms with Crippen LogP contribution in [-0.2, 0) is 11.3 Å². The summed E-state index contributed by atoms with van der Waals surface area (Å²) in [6.45, 7) is 7.89. The molecule has 1 aromatic heterocycles. The molecule has 1 aliphatic heterocycles. The highest BCUT2D eigenvalue weighted by Gasteiger charge is 2.27. The first kappa shape index (κ1) is 21.7. The number of rotatable bonds is 6. The minimum Gasteiger partial charge on any atom is -0.368 e. The molecule has 2 heterocycles. The number of aromatic nitrogens is 3. The molecule has 0 spiro atoms. The van der Waals surface area contributed by atoms with Crippen molar-refractivity contribution in [1.29, 1.82) is 0 Å². The van der Waals surface area contributed by atoms with Gasteiger partial charge in [-0.15, -0.1) is 10.2 Å². The molecule has 0 N–H and O–H groups in total. The highest BCUT2D eigenvalue weighted by molar-refractivity contribution is 8.00. The Kier molecular flexibility index (Phi) is 6.83. The van der Waals surface area contributed by atoms with Gasteiger partial charge in [-0.3, -0.25) is 4.79 Å². The molecule has 8 heteroatoms. The molecule has 0 aliphatic carbocycles. The van der Waals surface area contributed by atoms with E-state index in [2.05, 4.69) is 34.2 Å². The van der Waals surface area contributed by atoms with E-state index in [9.17, 15) is 4.79 Å². The molecule has 31 heavy (non-hydrogen) atoms. The maximum atomic E-state index is 13.1. The largest absolute Gasteiger partial charge is 0.368 e. The number of para-hydroxylation sites is 1. The number of thioether (sulfide) groups is 1. The zero-order chi connectivity index (χ0) is 21.8. The van der Waals surface area contributed by atoms with Gasteiger partial charge < -0.3 is 14.4 Å². The number of carbonyl (C=O) groups excluding carboxylic acids is 1. The standard InChI is InChI=1S/C23H26ClN5OS/c1-3-29-21(18-9-11-19(24)12-10-18)25-26-23(29)31-17(2)22(30)28-15-13-27(14-16-28)20-7-5-4-6-8-20/h4-12,17H,3,13-16H2,1-2H3. The molecule has 3 aromatic rings. The van der Waals surface area contributed by atoms with Gasteiger partial charge in [0.25, 0.3) is 0 Å². The zero-order valence-corrected chi connectivity index (χ0v) is 19.3. The first-order valence-electron chi connectivity index (χ1n) is 10.5. The molecule has 162 valence electrons. The van der Waals surface area contributed by atoms with Crippen LogP contribution in [0, 0.1) is 0 Å². The summed E-state index contributed by atoms with van der Waals surface area (Å²) in [6, 6.07) is 17.9. The van der Waals surface area contributed by atoms with Crippen LogP contribution < -0.4 is 4.90 Å². The van der Waals surface area contributed by atoms with Crippen LogP contribution in [0.15, 0.2) is 59.8 Å². The Morgan fingerprint density at radius 3 is 2.35 bits per heavy atom. The van der Waals surface area contributed by atoms with E-state index in [0.29, 0.717) is 5.02 Å². The number of hydrogen-bond acceptors (Lipinski definition) is 5. The van der Waals surface area contributed by atoms with Crippen molar-refractivity contribution < 1.29 is 4.79 Å². The average Bonchev–Trinajstić information content (AvgIpc) is 3.22. The van der Waals surface area contributed by atoms with E-state index in [-0.39, 0.29) is 11.2 Å². The lowest BCUT2D eigenvalue weighted by molar-refractivity contribution is -0.130. The number of piperazine rings is 1. The number of amides is 1. The molecule has 0 saturated carbocycles. The minimum absolute atomic E-state index is 0.149. The van der Waals surface area contributed by atoms with E-state index in [1.165, 1.54) is 17.4 Å². The number of benzene rings is 2. The topological polar surface area (TPSA) is 54.3 Å². The molecule has 2 aromatic carbocycles. The normalized spacial score (nSPS) is 15.2. The zero-order valence-electron chi connectivity index (χ0n) is 17.7. The number of halogens is 1. The van der Waals surface area contributed by atoms with E-state index in [1.807, 2.05) is 58.9 Å².